The van der Waals surface area contributed by atoms with Crippen molar-refractivity contribution in [1.82, 2.24) is 19.7 Å². The van der Waals surface area contributed by atoms with E-state index in [0.717, 1.165) is 0 Å². The zero-order valence-electron chi connectivity index (χ0n) is 13.5. The standard InChI is InChI=1S/C18H16FN5O/c19-14-6-3-1-2-5-13(14)12-24-16(18-22-9-10-25-18)11-15(23-24)17-20-7-4-8-21-17/h1,3-8,11H,2,9-10,12H2. The molecule has 0 fully saturated rings. The minimum Gasteiger partial charge on any atom is -0.474 e. The first kappa shape index (κ1) is 15.4. The van der Waals surface area contributed by atoms with Crippen LogP contribution in [0.4, 0.5) is 4.39 Å². The lowest BCUT2D eigenvalue weighted by Crippen LogP contribution is -2.13. The molecule has 1 aliphatic carbocycles. The van der Waals surface area contributed by atoms with Crippen molar-refractivity contribution in [3.63, 3.8) is 0 Å². The average Bonchev–Trinajstić information content (AvgIpc) is 3.26. The first-order valence-electron chi connectivity index (χ1n) is 8.06. The molecule has 25 heavy (non-hydrogen) atoms. The second-order valence-electron chi connectivity index (χ2n) is 5.59. The van der Waals surface area contributed by atoms with Crippen LogP contribution in [-0.4, -0.2) is 38.8 Å². The topological polar surface area (TPSA) is 65.2 Å². The Morgan fingerprint density at radius 2 is 2.12 bits per heavy atom. The van der Waals surface area contributed by atoms with E-state index in [1.165, 1.54) is 6.08 Å². The van der Waals surface area contributed by atoms with Gasteiger partial charge in [-0.1, -0.05) is 18.2 Å². The number of nitrogens with zero attached hydrogens (tertiary/aromatic N) is 5. The summed E-state index contributed by atoms with van der Waals surface area (Å²) in [5.74, 6) is 0.766. The van der Waals surface area contributed by atoms with Gasteiger partial charge in [-0.05, 0) is 18.6 Å². The Bertz CT molecular complexity index is 895. The van der Waals surface area contributed by atoms with E-state index in [1.54, 1.807) is 29.2 Å². The van der Waals surface area contributed by atoms with Crippen LogP contribution < -0.4 is 0 Å². The summed E-state index contributed by atoms with van der Waals surface area (Å²) >= 11 is 0. The molecule has 0 bridgehead atoms. The number of allylic oxidation sites excluding steroid dienone is 6. The molecule has 0 atom stereocenters. The fourth-order valence-electron chi connectivity index (χ4n) is 2.69. The third kappa shape index (κ3) is 3.26. The van der Waals surface area contributed by atoms with Crippen LogP contribution in [0.25, 0.3) is 11.5 Å². The van der Waals surface area contributed by atoms with Crippen LogP contribution in [-0.2, 0) is 11.3 Å². The number of aliphatic imine (C=N–C) groups is 1. The first-order chi connectivity index (χ1) is 12.3. The Balaban J connectivity index is 1.72. The van der Waals surface area contributed by atoms with Gasteiger partial charge in [-0.25, -0.2) is 19.4 Å². The van der Waals surface area contributed by atoms with E-state index in [1.807, 2.05) is 18.2 Å². The normalized spacial score (nSPS) is 16.8. The first-order valence-corrected chi connectivity index (χ1v) is 8.06. The zero-order valence-corrected chi connectivity index (χ0v) is 13.5. The van der Waals surface area contributed by atoms with Crippen LogP contribution >= 0.6 is 0 Å². The van der Waals surface area contributed by atoms with Gasteiger partial charge in [-0.15, -0.1) is 0 Å². The van der Waals surface area contributed by atoms with E-state index < -0.39 is 0 Å². The van der Waals surface area contributed by atoms with Gasteiger partial charge in [0.05, 0.1) is 13.1 Å². The monoisotopic (exact) mass is 337 g/mol. The van der Waals surface area contributed by atoms with E-state index in [2.05, 4.69) is 20.1 Å². The molecule has 126 valence electrons. The molecule has 1 aliphatic heterocycles. The molecule has 0 unspecified atom stereocenters. The van der Waals surface area contributed by atoms with E-state index >= 15 is 0 Å². The Hall–Kier alpha value is -3.09. The maximum absolute atomic E-state index is 14.2. The molecule has 0 N–H and O–H groups in total. The molecule has 6 nitrogen and oxygen atoms in total. The highest BCUT2D eigenvalue weighted by molar-refractivity contribution is 5.94. The van der Waals surface area contributed by atoms with E-state index in [4.69, 9.17) is 4.74 Å². The smallest absolute Gasteiger partial charge is 0.235 e. The quantitative estimate of drug-likeness (QED) is 0.860. The molecule has 7 heteroatoms. The molecule has 0 radical (unpaired) electrons. The minimum atomic E-state index is -0.262. The summed E-state index contributed by atoms with van der Waals surface area (Å²) < 4.78 is 21.5. The van der Waals surface area contributed by atoms with Crippen molar-refractivity contribution in [3.05, 3.63) is 65.9 Å². The molecular formula is C18H16FN5O. The summed E-state index contributed by atoms with van der Waals surface area (Å²) in [4.78, 5) is 12.8. The summed E-state index contributed by atoms with van der Waals surface area (Å²) in [5.41, 5.74) is 1.88. The van der Waals surface area contributed by atoms with Crippen molar-refractivity contribution in [2.24, 2.45) is 4.99 Å². The summed E-state index contributed by atoms with van der Waals surface area (Å²) in [6.45, 7) is 1.44. The number of rotatable bonds is 4. The minimum absolute atomic E-state index is 0.262. The van der Waals surface area contributed by atoms with Gasteiger partial charge in [0.25, 0.3) is 0 Å². The maximum atomic E-state index is 14.2. The van der Waals surface area contributed by atoms with Gasteiger partial charge >= 0.3 is 0 Å². The molecule has 3 heterocycles. The Morgan fingerprint density at radius 1 is 1.24 bits per heavy atom. The van der Waals surface area contributed by atoms with Crippen molar-refractivity contribution in [3.8, 4) is 11.5 Å². The van der Waals surface area contributed by atoms with Crippen LogP contribution in [0.2, 0.25) is 0 Å². The van der Waals surface area contributed by atoms with E-state index in [-0.39, 0.29) is 12.4 Å². The van der Waals surface area contributed by atoms with Gasteiger partial charge in [0, 0.05) is 24.0 Å². The highest BCUT2D eigenvalue weighted by Crippen LogP contribution is 2.22. The molecule has 0 spiro atoms. The van der Waals surface area contributed by atoms with Gasteiger partial charge in [0.15, 0.2) is 5.82 Å². The molecule has 2 aromatic heterocycles. The molecule has 0 aromatic carbocycles. The fraction of sp³-hybridized carbons (Fsp3) is 0.222. The number of ether oxygens (including phenoxy) is 1. The Morgan fingerprint density at radius 3 is 2.92 bits per heavy atom. The number of aromatic nitrogens is 4. The largest absolute Gasteiger partial charge is 0.474 e. The van der Waals surface area contributed by atoms with Crippen molar-refractivity contribution >= 4 is 5.90 Å². The van der Waals surface area contributed by atoms with Gasteiger partial charge in [-0.3, -0.25) is 4.68 Å². The van der Waals surface area contributed by atoms with E-state index in [9.17, 15) is 4.39 Å². The highest BCUT2D eigenvalue weighted by atomic mass is 19.1. The number of hydrogen-bond acceptors (Lipinski definition) is 5. The van der Waals surface area contributed by atoms with Crippen LogP contribution in [0, 0.1) is 0 Å². The number of halogens is 1. The molecule has 2 aliphatic rings. The van der Waals surface area contributed by atoms with Crippen LogP contribution in [0.1, 0.15) is 12.1 Å². The van der Waals surface area contributed by atoms with Crippen molar-refractivity contribution in [2.45, 2.75) is 13.0 Å². The summed E-state index contributed by atoms with van der Waals surface area (Å²) in [6, 6.07) is 3.58. The molecule has 0 saturated carbocycles. The van der Waals surface area contributed by atoms with Gasteiger partial charge in [-0.2, -0.15) is 5.10 Å². The second-order valence-corrected chi connectivity index (χ2v) is 5.59. The molecule has 0 amide bonds. The lowest BCUT2D eigenvalue weighted by Gasteiger charge is -2.09. The highest BCUT2D eigenvalue weighted by Gasteiger charge is 2.21. The van der Waals surface area contributed by atoms with Crippen molar-refractivity contribution < 1.29 is 9.13 Å². The van der Waals surface area contributed by atoms with Crippen LogP contribution in [0.15, 0.2) is 65.2 Å². The summed E-state index contributed by atoms with van der Waals surface area (Å²) in [7, 11) is 0. The van der Waals surface area contributed by atoms with Gasteiger partial charge < -0.3 is 4.74 Å². The molecule has 0 saturated heterocycles. The predicted octanol–water partition coefficient (Wildman–Crippen LogP) is 2.86. The predicted molar refractivity (Wildman–Crippen MR) is 91.6 cm³/mol. The SMILES string of the molecule is FC1=CC=CCC=C1Cn1nc(-c2ncccn2)cc1C1=NCCO1. The summed E-state index contributed by atoms with van der Waals surface area (Å²) in [5, 5.41) is 4.56. The Labute approximate surface area is 144 Å². The molecular weight excluding hydrogens is 321 g/mol. The lowest BCUT2D eigenvalue weighted by atomic mass is 10.2. The molecule has 2 aromatic rings. The van der Waals surface area contributed by atoms with Gasteiger partial charge in [0.2, 0.25) is 5.90 Å². The van der Waals surface area contributed by atoms with E-state index in [0.29, 0.717) is 48.3 Å². The zero-order chi connectivity index (χ0) is 17.1. The summed E-state index contributed by atoms with van der Waals surface area (Å²) in [6.07, 6.45) is 10.9. The third-order valence-corrected chi connectivity index (χ3v) is 3.89. The fourth-order valence-corrected chi connectivity index (χ4v) is 2.69. The van der Waals surface area contributed by atoms with Crippen LogP contribution in [0.3, 0.4) is 0 Å². The lowest BCUT2D eigenvalue weighted by molar-refractivity contribution is 0.345. The van der Waals surface area contributed by atoms with Crippen LogP contribution in [0.5, 0.6) is 0 Å². The maximum Gasteiger partial charge on any atom is 0.235 e. The number of hydrogen-bond donors (Lipinski definition) is 0. The third-order valence-electron chi connectivity index (χ3n) is 3.89. The molecule has 4 rings (SSSR count). The average molecular weight is 337 g/mol. The Kier molecular flexibility index (Phi) is 4.20. The van der Waals surface area contributed by atoms with Gasteiger partial charge in [0.1, 0.15) is 23.8 Å². The van der Waals surface area contributed by atoms with Crippen molar-refractivity contribution in [1.29, 1.82) is 0 Å². The van der Waals surface area contributed by atoms with Crippen molar-refractivity contribution in [2.75, 3.05) is 13.2 Å². The second kappa shape index (κ2) is 6.80.